The molecule has 29 heavy (non-hydrogen) atoms. The van der Waals surface area contributed by atoms with Gasteiger partial charge in [0.1, 0.15) is 6.04 Å². The number of hydrogen-bond donors (Lipinski definition) is 3. The summed E-state index contributed by atoms with van der Waals surface area (Å²) in [5.74, 6) is -1.62. The molecule has 1 aromatic heterocycles. The van der Waals surface area contributed by atoms with E-state index in [1.807, 2.05) is 60.7 Å². The molecule has 0 aliphatic rings. The Morgan fingerprint density at radius 3 is 2.21 bits per heavy atom. The molecule has 1 heterocycles. The number of rotatable bonds is 10. The predicted octanol–water partition coefficient (Wildman–Crippen LogP) is 3.01. The van der Waals surface area contributed by atoms with Crippen LogP contribution in [0.3, 0.4) is 0 Å². The molecule has 0 spiro atoms. The van der Waals surface area contributed by atoms with Gasteiger partial charge in [0.05, 0.1) is 6.33 Å². The van der Waals surface area contributed by atoms with Crippen molar-refractivity contribution in [2.45, 2.75) is 31.7 Å². The van der Waals surface area contributed by atoms with Gasteiger partial charge in [-0.05, 0) is 30.4 Å². The Balaban J connectivity index is 1.70. The number of hydrogen-bond acceptors (Lipinski definition) is 3. The highest BCUT2D eigenvalue weighted by atomic mass is 16.4. The molecule has 1 amide bonds. The Hall–Kier alpha value is -3.41. The fourth-order valence-corrected chi connectivity index (χ4v) is 3.32. The van der Waals surface area contributed by atoms with Crippen molar-refractivity contribution in [1.82, 2.24) is 15.3 Å². The van der Waals surface area contributed by atoms with Crippen molar-refractivity contribution < 1.29 is 14.7 Å². The number of imidazole rings is 1. The van der Waals surface area contributed by atoms with Gasteiger partial charge >= 0.3 is 5.97 Å². The van der Waals surface area contributed by atoms with Gasteiger partial charge in [0.2, 0.25) is 5.91 Å². The van der Waals surface area contributed by atoms with Gasteiger partial charge < -0.3 is 15.4 Å². The Labute approximate surface area is 170 Å². The third-order valence-electron chi connectivity index (χ3n) is 4.91. The lowest BCUT2D eigenvalue weighted by atomic mass is 9.91. The van der Waals surface area contributed by atoms with Gasteiger partial charge in [-0.25, -0.2) is 9.78 Å². The highest BCUT2D eigenvalue weighted by molar-refractivity contribution is 5.85. The van der Waals surface area contributed by atoms with E-state index in [9.17, 15) is 14.7 Å². The van der Waals surface area contributed by atoms with E-state index in [1.54, 1.807) is 6.20 Å². The van der Waals surface area contributed by atoms with E-state index >= 15 is 0 Å². The maximum atomic E-state index is 13.0. The number of amides is 1. The summed E-state index contributed by atoms with van der Waals surface area (Å²) in [5, 5.41) is 12.3. The third kappa shape index (κ3) is 6.31. The first-order valence-corrected chi connectivity index (χ1v) is 9.70. The number of H-pyrrole nitrogens is 1. The third-order valence-corrected chi connectivity index (χ3v) is 4.91. The Morgan fingerprint density at radius 1 is 0.966 bits per heavy atom. The number of carboxylic acids is 1. The van der Waals surface area contributed by atoms with Gasteiger partial charge in [-0.15, -0.1) is 0 Å². The molecule has 150 valence electrons. The second-order valence-electron chi connectivity index (χ2n) is 7.09. The van der Waals surface area contributed by atoms with Crippen LogP contribution in [-0.4, -0.2) is 33.0 Å². The predicted molar refractivity (Wildman–Crippen MR) is 110 cm³/mol. The van der Waals surface area contributed by atoms with Crippen LogP contribution in [0, 0.1) is 5.92 Å². The molecule has 0 aliphatic carbocycles. The number of carboxylic acid groups (broad SMARTS) is 1. The molecule has 3 rings (SSSR count). The van der Waals surface area contributed by atoms with Crippen LogP contribution in [0.2, 0.25) is 0 Å². The lowest BCUT2D eigenvalue weighted by Crippen LogP contribution is -2.45. The molecule has 3 aromatic rings. The number of nitrogens with one attached hydrogen (secondary N) is 2. The molecule has 0 radical (unpaired) electrons. The number of carbonyl (C=O) groups is 2. The molecule has 2 atom stereocenters. The molecule has 0 saturated carbocycles. The second kappa shape index (κ2) is 10.2. The van der Waals surface area contributed by atoms with Gasteiger partial charge in [0, 0.05) is 24.2 Å². The van der Waals surface area contributed by atoms with Crippen LogP contribution in [0.25, 0.3) is 0 Å². The van der Waals surface area contributed by atoms with Gasteiger partial charge in [0.15, 0.2) is 0 Å². The van der Waals surface area contributed by atoms with Gasteiger partial charge in [0.25, 0.3) is 0 Å². The summed E-state index contributed by atoms with van der Waals surface area (Å²) in [7, 11) is 0. The van der Waals surface area contributed by atoms with E-state index in [0.29, 0.717) is 18.5 Å². The van der Waals surface area contributed by atoms with Crippen LogP contribution in [0.15, 0.2) is 73.2 Å². The normalized spacial score (nSPS) is 12.8. The summed E-state index contributed by atoms with van der Waals surface area (Å²) in [6, 6.07) is 18.8. The van der Waals surface area contributed by atoms with Gasteiger partial charge in [-0.2, -0.15) is 0 Å². The topological polar surface area (TPSA) is 95.1 Å². The molecule has 0 aliphatic heterocycles. The fourth-order valence-electron chi connectivity index (χ4n) is 3.32. The van der Waals surface area contributed by atoms with Gasteiger partial charge in [-0.1, -0.05) is 60.7 Å². The summed E-state index contributed by atoms with van der Waals surface area (Å²) in [4.78, 5) is 31.5. The fraction of sp³-hybridized carbons (Fsp3) is 0.261. The number of carbonyl (C=O) groups excluding carboxylic acids is 1. The first kappa shape index (κ1) is 20.3. The van der Waals surface area contributed by atoms with E-state index in [0.717, 1.165) is 17.5 Å². The average molecular weight is 391 g/mol. The van der Waals surface area contributed by atoms with Gasteiger partial charge in [-0.3, -0.25) is 4.79 Å². The number of aromatic nitrogens is 2. The maximum Gasteiger partial charge on any atom is 0.326 e. The summed E-state index contributed by atoms with van der Waals surface area (Å²) in [6.45, 7) is 0. The van der Waals surface area contributed by atoms with E-state index in [1.165, 1.54) is 6.33 Å². The van der Waals surface area contributed by atoms with Crippen LogP contribution in [0.1, 0.15) is 23.2 Å². The standard InChI is InChI=1S/C23H25N3O3/c27-22(26-21(23(28)29)14-20-15-24-16-25-20)19(13-18-9-5-2-6-10-18)12-11-17-7-3-1-4-8-17/h1-10,15-16,19,21H,11-14H2,(H,24,25)(H,26,27)(H,28,29)/t19?,21-/m0/s1. The lowest BCUT2D eigenvalue weighted by molar-refractivity contribution is -0.142. The van der Waals surface area contributed by atoms with Crippen molar-refractivity contribution in [3.8, 4) is 0 Å². The van der Waals surface area contributed by atoms with Crippen molar-refractivity contribution in [2.75, 3.05) is 0 Å². The summed E-state index contributed by atoms with van der Waals surface area (Å²) >= 11 is 0. The SMILES string of the molecule is O=C(N[C@@H](Cc1cnc[nH]1)C(=O)O)C(CCc1ccccc1)Cc1ccccc1. The minimum absolute atomic E-state index is 0.164. The van der Waals surface area contributed by atoms with E-state index in [4.69, 9.17) is 0 Å². The van der Waals surface area contributed by atoms with E-state index in [-0.39, 0.29) is 18.2 Å². The summed E-state index contributed by atoms with van der Waals surface area (Å²) < 4.78 is 0. The molecule has 0 fully saturated rings. The molecule has 6 heteroatoms. The molecule has 3 N–H and O–H groups in total. The zero-order chi connectivity index (χ0) is 20.5. The van der Waals surface area contributed by atoms with Crippen LogP contribution >= 0.6 is 0 Å². The lowest BCUT2D eigenvalue weighted by Gasteiger charge is -2.20. The van der Waals surface area contributed by atoms with E-state index < -0.39 is 12.0 Å². The summed E-state index contributed by atoms with van der Waals surface area (Å²) in [6.07, 6.45) is 5.19. The molecule has 0 saturated heterocycles. The Morgan fingerprint density at radius 2 is 1.62 bits per heavy atom. The second-order valence-corrected chi connectivity index (χ2v) is 7.09. The largest absolute Gasteiger partial charge is 0.480 e. The molecule has 6 nitrogen and oxygen atoms in total. The molecule has 2 aromatic carbocycles. The first-order valence-electron chi connectivity index (χ1n) is 9.70. The quantitative estimate of drug-likeness (QED) is 0.495. The number of nitrogens with zero attached hydrogens (tertiary/aromatic N) is 1. The van der Waals surface area contributed by atoms with Crippen LogP contribution < -0.4 is 5.32 Å². The van der Waals surface area contributed by atoms with Crippen LogP contribution in [-0.2, 0) is 28.9 Å². The van der Waals surface area contributed by atoms with Crippen molar-refractivity contribution in [1.29, 1.82) is 0 Å². The Bertz CT molecular complexity index is 896. The zero-order valence-electron chi connectivity index (χ0n) is 16.1. The zero-order valence-corrected chi connectivity index (χ0v) is 16.1. The van der Waals surface area contributed by atoms with Crippen LogP contribution in [0.4, 0.5) is 0 Å². The number of aliphatic carboxylic acids is 1. The number of benzene rings is 2. The molecular formula is C23H25N3O3. The molecule has 1 unspecified atom stereocenters. The van der Waals surface area contributed by atoms with Crippen LogP contribution in [0.5, 0.6) is 0 Å². The van der Waals surface area contributed by atoms with Crippen molar-refractivity contribution in [3.05, 3.63) is 90.0 Å². The average Bonchev–Trinajstić information content (AvgIpc) is 3.25. The maximum absolute atomic E-state index is 13.0. The monoisotopic (exact) mass is 391 g/mol. The van der Waals surface area contributed by atoms with Crippen molar-refractivity contribution >= 4 is 11.9 Å². The minimum Gasteiger partial charge on any atom is -0.480 e. The molecule has 0 bridgehead atoms. The molecular weight excluding hydrogens is 366 g/mol. The first-order chi connectivity index (χ1) is 14.1. The highest BCUT2D eigenvalue weighted by Gasteiger charge is 2.26. The Kier molecular flexibility index (Phi) is 7.16. The number of aromatic amines is 1. The van der Waals surface area contributed by atoms with Crippen molar-refractivity contribution in [3.63, 3.8) is 0 Å². The smallest absolute Gasteiger partial charge is 0.326 e. The number of aryl methyl sites for hydroxylation is 1. The minimum atomic E-state index is -1.06. The highest BCUT2D eigenvalue weighted by Crippen LogP contribution is 2.17. The summed E-state index contributed by atoms with van der Waals surface area (Å²) in [5.41, 5.74) is 2.88. The van der Waals surface area contributed by atoms with Crippen molar-refractivity contribution in [2.24, 2.45) is 5.92 Å². The van der Waals surface area contributed by atoms with E-state index in [2.05, 4.69) is 15.3 Å².